The molecule has 0 aromatic heterocycles. The Bertz CT molecular complexity index is 449. The molecule has 2 atom stereocenters. The smallest absolute Gasteiger partial charge is 0.307 e. The fraction of sp³-hybridized carbons (Fsp3) is 0.500. The van der Waals surface area contributed by atoms with E-state index in [1.807, 2.05) is 23.1 Å². The van der Waals surface area contributed by atoms with E-state index in [-0.39, 0.29) is 5.92 Å². The number of nitrogens with zero attached hydrogens (tertiary/aromatic N) is 1. The molecule has 0 radical (unpaired) electrons. The summed E-state index contributed by atoms with van der Waals surface area (Å²) in [6.07, 6.45) is 0.0304. The fourth-order valence-electron chi connectivity index (χ4n) is 2.40. The lowest BCUT2D eigenvalue weighted by molar-refractivity contribution is -0.141. The number of methoxy groups -OCH3 is 1. The maximum atomic E-state index is 10.9. The van der Waals surface area contributed by atoms with Crippen molar-refractivity contribution in [3.05, 3.63) is 29.8 Å². The van der Waals surface area contributed by atoms with Gasteiger partial charge in [-0.15, -0.1) is 0 Å². The van der Waals surface area contributed by atoms with Crippen molar-refractivity contribution in [1.29, 1.82) is 0 Å². The van der Waals surface area contributed by atoms with Gasteiger partial charge in [0.25, 0.3) is 0 Å². The molecule has 5 nitrogen and oxygen atoms in total. The summed E-state index contributed by atoms with van der Waals surface area (Å²) in [7, 11) is 1.59. The highest BCUT2D eigenvalue weighted by atomic mass is 16.5. The molecular weight excluding hydrogens is 246 g/mol. The lowest BCUT2D eigenvalue weighted by atomic mass is 10.1. The summed E-state index contributed by atoms with van der Waals surface area (Å²) >= 11 is 0. The summed E-state index contributed by atoms with van der Waals surface area (Å²) in [6.45, 7) is 1.69. The third-order valence-corrected chi connectivity index (χ3v) is 3.53. The van der Waals surface area contributed by atoms with E-state index in [4.69, 9.17) is 9.84 Å². The van der Waals surface area contributed by atoms with Crippen LogP contribution in [0.4, 0.5) is 0 Å². The molecular formula is C14H19NO4. The van der Waals surface area contributed by atoms with Crippen molar-refractivity contribution in [1.82, 2.24) is 4.90 Å². The number of aliphatic carboxylic acids is 1. The molecule has 0 aliphatic carbocycles. The normalized spacial score (nSPS) is 21.3. The molecule has 1 saturated heterocycles. The van der Waals surface area contributed by atoms with E-state index in [0.717, 1.165) is 12.1 Å². The van der Waals surface area contributed by atoms with E-state index in [1.54, 1.807) is 13.2 Å². The standard InChI is InChI=1S/C14H19NO4/c1-19-12-4-2-3-10(7-12)13(16)9-15-6-5-11(8-15)14(17)18/h2-4,7,11,13,16H,5-6,8-9H2,1H3,(H,17,18). The lowest BCUT2D eigenvalue weighted by Gasteiger charge is -2.20. The Balaban J connectivity index is 1.94. The molecule has 1 fully saturated rings. The molecule has 1 heterocycles. The van der Waals surface area contributed by atoms with E-state index in [9.17, 15) is 9.90 Å². The van der Waals surface area contributed by atoms with Crippen LogP contribution >= 0.6 is 0 Å². The molecule has 104 valence electrons. The van der Waals surface area contributed by atoms with Crippen molar-refractivity contribution in [3.63, 3.8) is 0 Å². The van der Waals surface area contributed by atoms with Crippen LogP contribution in [-0.2, 0) is 4.79 Å². The highest BCUT2D eigenvalue weighted by Gasteiger charge is 2.29. The summed E-state index contributed by atoms with van der Waals surface area (Å²) in [6, 6.07) is 7.31. The second-order valence-electron chi connectivity index (χ2n) is 4.88. The molecule has 1 aromatic carbocycles. The monoisotopic (exact) mass is 265 g/mol. The Labute approximate surface area is 112 Å². The van der Waals surface area contributed by atoms with Gasteiger partial charge in [0.05, 0.1) is 19.1 Å². The van der Waals surface area contributed by atoms with Gasteiger partial charge in [-0.2, -0.15) is 0 Å². The SMILES string of the molecule is COc1cccc(C(O)CN2CCC(C(=O)O)C2)c1. The summed E-state index contributed by atoms with van der Waals surface area (Å²) in [5.74, 6) is -0.350. The summed E-state index contributed by atoms with van der Waals surface area (Å²) in [5.41, 5.74) is 0.790. The van der Waals surface area contributed by atoms with Crippen LogP contribution < -0.4 is 4.74 Å². The Kier molecular flexibility index (Phi) is 4.39. The molecule has 1 aliphatic heterocycles. The van der Waals surface area contributed by atoms with Crippen LogP contribution in [0.2, 0.25) is 0 Å². The largest absolute Gasteiger partial charge is 0.497 e. The third-order valence-electron chi connectivity index (χ3n) is 3.53. The second-order valence-corrected chi connectivity index (χ2v) is 4.88. The van der Waals surface area contributed by atoms with Gasteiger partial charge in [0.15, 0.2) is 0 Å². The molecule has 19 heavy (non-hydrogen) atoms. The number of benzene rings is 1. The van der Waals surface area contributed by atoms with Crippen LogP contribution in [0, 0.1) is 5.92 Å². The average molecular weight is 265 g/mol. The van der Waals surface area contributed by atoms with Crippen molar-refractivity contribution in [2.24, 2.45) is 5.92 Å². The number of carboxylic acids is 1. The number of ether oxygens (including phenoxy) is 1. The van der Waals surface area contributed by atoms with Crippen molar-refractivity contribution in [2.45, 2.75) is 12.5 Å². The Morgan fingerprint density at radius 2 is 2.37 bits per heavy atom. The summed E-state index contributed by atoms with van der Waals surface area (Å²) < 4.78 is 5.12. The minimum Gasteiger partial charge on any atom is -0.497 e. The van der Waals surface area contributed by atoms with Gasteiger partial charge in [0.2, 0.25) is 0 Å². The first kappa shape index (κ1) is 13.8. The zero-order valence-corrected chi connectivity index (χ0v) is 11.0. The first-order valence-electron chi connectivity index (χ1n) is 6.37. The van der Waals surface area contributed by atoms with Gasteiger partial charge >= 0.3 is 5.97 Å². The first-order valence-corrected chi connectivity index (χ1v) is 6.37. The number of β-amino-alcohol motifs (C(OH)–C–C–N with tert-alkyl or cyclic N) is 1. The van der Waals surface area contributed by atoms with Crippen LogP contribution in [0.1, 0.15) is 18.1 Å². The molecule has 5 heteroatoms. The highest BCUT2D eigenvalue weighted by molar-refractivity contribution is 5.70. The van der Waals surface area contributed by atoms with E-state index in [1.165, 1.54) is 0 Å². The molecule has 0 amide bonds. The van der Waals surface area contributed by atoms with E-state index >= 15 is 0 Å². The molecule has 1 aliphatic rings. The zero-order chi connectivity index (χ0) is 13.8. The number of carboxylic acid groups (broad SMARTS) is 1. The first-order chi connectivity index (χ1) is 9.10. The highest BCUT2D eigenvalue weighted by Crippen LogP contribution is 2.23. The van der Waals surface area contributed by atoms with Gasteiger partial charge < -0.3 is 14.9 Å². The van der Waals surface area contributed by atoms with Crippen LogP contribution in [0.15, 0.2) is 24.3 Å². The van der Waals surface area contributed by atoms with Crippen LogP contribution in [0.3, 0.4) is 0 Å². The van der Waals surface area contributed by atoms with Gasteiger partial charge in [-0.25, -0.2) is 0 Å². The van der Waals surface area contributed by atoms with Crippen molar-refractivity contribution < 1.29 is 19.7 Å². The van der Waals surface area contributed by atoms with E-state index in [0.29, 0.717) is 25.3 Å². The maximum Gasteiger partial charge on any atom is 0.307 e. The van der Waals surface area contributed by atoms with E-state index < -0.39 is 12.1 Å². The maximum absolute atomic E-state index is 10.9. The van der Waals surface area contributed by atoms with Crippen LogP contribution in [-0.4, -0.2) is 47.8 Å². The minimum absolute atomic E-state index is 0.308. The molecule has 2 N–H and O–H groups in total. The van der Waals surface area contributed by atoms with Crippen LogP contribution in [0.25, 0.3) is 0 Å². The van der Waals surface area contributed by atoms with Gasteiger partial charge in [-0.1, -0.05) is 12.1 Å². The minimum atomic E-state index is -0.752. The van der Waals surface area contributed by atoms with Gasteiger partial charge in [0, 0.05) is 13.1 Å². The molecule has 2 unspecified atom stereocenters. The third kappa shape index (κ3) is 3.45. The topological polar surface area (TPSA) is 70.0 Å². The number of aliphatic hydroxyl groups excluding tert-OH is 1. The Morgan fingerprint density at radius 1 is 1.58 bits per heavy atom. The summed E-state index contributed by atoms with van der Waals surface area (Å²) in [4.78, 5) is 12.9. The van der Waals surface area contributed by atoms with Crippen molar-refractivity contribution >= 4 is 5.97 Å². The van der Waals surface area contributed by atoms with Crippen LogP contribution in [0.5, 0.6) is 5.75 Å². The predicted octanol–water partition coefficient (Wildman–Crippen LogP) is 1.14. The zero-order valence-electron chi connectivity index (χ0n) is 11.0. The number of carbonyl (C=O) groups is 1. The molecule has 1 aromatic rings. The van der Waals surface area contributed by atoms with Crippen molar-refractivity contribution in [2.75, 3.05) is 26.7 Å². The Hall–Kier alpha value is -1.59. The number of hydrogen-bond acceptors (Lipinski definition) is 4. The molecule has 0 spiro atoms. The number of likely N-dealkylation sites (tertiary alicyclic amines) is 1. The van der Waals surface area contributed by atoms with Gasteiger partial charge in [0.1, 0.15) is 5.75 Å². The quantitative estimate of drug-likeness (QED) is 0.835. The molecule has 2 rings (SSSR count). The average Bonchev–Trinajstić information content (AvgIpc) is 2.87. The number of hydrogen-bond donors (Lipinski definition) is 2. The number of rotatable bonds is 5. The van der Waals surface area contributed by atoms with E-state index in [2.05, 4.69) is 0 Å². The van der Waals surface area contributed by atoms with Gasteiger partial charge in [-0.05, 0) is 30.7 Å². The fourth-order valence-corrected chi connectivity index (χ4v) is 2.40. The molecule has 0 saturated carbocycles. The van der Waals surface area contributed by atoms with Gasteiger partial charge in [-0.3, -0.25) is 9.69 Å². The molecule has 0 bridgehead atoms. The second kappa shape index (κ2) is 6.04. The predicted molar refractivity (Wildman–Crippen MR) is 70.1 cm³/mol. The Morgan fingerprint density at radius 3 is 3.00 bits per heavy atom. The van der Waals surface area contributed by atoms with Crippen molar-refractivity contribution in [3.8, 4) is 5.75 Å². The lowest BCUT2D eigenvalue weighted by Crippen LogP contribution is -2.27. The summed E-state index contributed by atoms with van der Waals surface area (Å²) in [5, 5.41) is 19.1. The number of aliphatic hydroxyl groups is 1.